The molecule has 0 aliphatic heterocycles. The summed E-state index contributed by atoms with van der Waals surface area (Å²) in [5, 5.41) is 0. The normalized spacial score (nSPS) is 14.3. The molecule has 0 heterocycles. The molecule has 0 aliphatic carbocycles. The maximum atomic E-state index is 12.0. The van der Waals surface area contributed by atoms with Crippen LogP contribution in [0.25, 0.3) is 0 Å². The van der Waals surface area contributed by atoms with Crippen LogP contribution < -0.4 is 0 Å². The Balaban J connectivity index is 2.60. The van der Waals surface area contributed by atoms with Gasteiger partial charge in [0.05, 0.1) is 0 Å². The Labute approximate surface area is 104 Å². The van der Waals surface area contributed by atoms with Crippen LogP contribution in [0.1, 0.15) is 38.7 Å². The van der Waals surface area contributed by atoms with E-state index in [-0.39, 0.29) is 5.78 Å². The first kappa shape index (κ1) is 13.9. The van der Waals surface area contributed by atoms with Gasteiger partial charge in [0.15, 0.2) is 5.78 Å². The summed E-state index contributed by atoms with van der Waals surface area (Å²) in [6.07, 6.45) is 3.09. The molecule has 2 nitrogen and oxygen atoms in total. The van der Waals surface area contributed by atoms with E-state index in [9.17, 15) is 4.79 Å². The summed E-state index contributed by atoms with van der Waals surface area (Å²) in [6.45, 7) is 3.92. The molecule has 0 N–H and O–H groups in total. The van der Waals surface area contributed by atoms with Crippen LogP contribution in [-0.2, 0) is 16.0 Å². The van der Waals surface area contributed by atoms with E-state index >= 15 is 0 Å². The van der Waals surface area contributed by atoms with Gasteiger partial charge in [0, 0.05) is 13.5 Å². The zero-order chi connectivity index (χ0) is 12.7. The Morgan fingerprint density at radius 1 is 1.29 bits per heavy atom. The number of aryl methyl sites for hydroxylation is 1. The van der Waals surface area contributed by atoms with Crippen LogP contribution in [0.15, 0.2) is 30.3 Å². The van der Waals surface area contributed by atoms with Crippen molar-refractivity contribution < 1.29 is 9.53 Å². The van der Waals surface area contributed by atoms with Crippen molar-refractivity contribution in [3.8, 4) is 0 Å². The van der Waals surface area contributed by atoms with Gasteiger partial charge in [0.1, 0.15) is 5.60 Å². The number of methoxy groups -OCH3 is 1. The van der Waals surface area contributed by atoms with Crippen LogP contribution in [0.4, 0.5) is 0 Å². The summed E-state index contributed by atoms with van der Waals surface area (Å²) in [4.78, 5) is 12.0. The van der Waals surface area contributed by atoms with Crippen LogP contribution in [0.2, 0.25) is 0 Å². The average Bonchev–Trinajstić information content (AvgIpc) is 2.37. The molecule has 0 fully saturated rings. The molecule has 2 heteroatoms. The second-order valence-corrected chi connectivity index (χ2v) is 4.59. The molecule has 0 saturated heterocycles. The van der Waals surface area contributed by atoms with E-state index in [0.717, 1.165) is 19.3 Å². The fraction of sp³-hybridized carbons (Fsp3) is 0.533. The highest BCUT2D eigenvalue weighted by Crippen LogP contribution is 2.21. The molecule has 0 aromatic heterocycles. The lowest BCUT2D eigenvalue weighted by Crippen LogP contribution is -2.37. The molecule has 0 spiro atoms. The van der Waals surface area contributed by atoms with Crippen molar-refractivity contribution in [3.63, 3.8) is 0 Å². The first-order valence-electron chi connectivity index (χ1n) is 6.24. The largest absolute Gasteiger partial charge is 0.371 e. The van der Waals surface area contributed by atoms with Gasteiger partial charge in [0.2, 0.25) is 0 Å². The predicted octanol–water partition coefficient (Wildman–Crippen LogP) is 3.39. The second-order valence-electron chi connectivity index (χ2n) is 4.59. The molecule has 0 amide bonds. The average molecular weight is 234 g/mol. The molecule has 17 heavy (non-hydrogen) atoms. The van der Waals surface area contributed by atoms with Crippen LogP contribution in [0, 0.1) is 0 Å². The lowest BCUT2D eigenvalue weighted by molar-refractivity contribution is -0.139. The number of benzene rings is 1. The maximum absolute atomic E-state index is 12.0. The summed E-state index contributed by atoms with van der Waals surface area (Å²) < 4.78 is 5.42. The topological polar surface area (TPSA) is 26.3 Å². The Bertz CT molecular complexity index is 345. The van der Waals surface area contributed by atoms with Crippen LogP contribution >= 0.6 is 0 Å². The fourth-order valence-corrected chi connectivity index (χ4v) is 1.87. The van der Waals surface area contributed by atoms with Crippen LogP contribution in [0.5, 0.6) is 0 Å². The first-order chi connectivity index (χ1) is 8.12. The van der Waals surface area contributed by atoms with Crippen molar-refractivity contribution in [1.29, 1.82) is 0 Å². The van der Waals surface area contributed by atoms with Gasteiger partial charge in [-0.1, -0.05) is 37.3 Å². The number of hydrogen-bond acceptors (Lipinski definition) is 2. The summed E-state index contributed by atoms with van der Waals surface area (Å²) in [5.74, 6) is 0.207. The zero-order valence-electron chi connectivity index (χ0n) is 11.0. The predicted molar refractivity (Wildman–Crippen MR) is 70.1 cm³/mol. The van der Waals surface area contributed by atoms with Crippen molar-refractivity contribution in [3.05, 3.63) is 35.9 Å². The zero-order valence-corrected chi connectivity index (χ0v) is 11.0. The highest BCUT2D eigenvalue weighted by atomic mass is 16.5. The van der Waals surface area contributed by atoms with E-state index in [1.807, 2.05) is 32.0 Å². The lowest BCUT2D eigenvalue weighted by Gasteiger charge is -2.26. The number of Topliss-reactive ketones (excluding diaryl/α,β-unsaturated/α-hetero) is 1. The molecule has 0 aliphatic rings. The number of carbonyl (C=O) groups excluding carboxylic acids is 1. The summed E-state index contributed by atoms with van der Waals surface area (Å²) >= 11 is 0. The van der Waals surface area contributed by atoms with Crippen molar-refractivity contribution in [2.45, 2.75) is 45.1 Å². The molecule has 94 valence electrons. The third-order valence-corrected chi connectivity index (χ3v) is 3.25. The number of carbonyl (C=O) groups is 1. The SMILES string of the molecule is CCCC(=O)C(C)(CCc1ccccc1)OC. The monoisotopic (exact) mass is 234 g/mol. The van der Waals surface area contributed by atoms with E-state index in [1.165, 1.54) is 5.56 Å². The summed E-state index contributed by atoms with van der Waals surface area (Å²) in [5.41, 5.74) is 0.617. The minimum atomic E-state index is -0.633. The van der Waals surface area contributed by atoms with Gasteiger partial charge in [-0.2, -0.15) is 0 Å². The first-order valence-corrected chi connectivity index (χ1v) is 6.24. The molecule has 0 radical (unpaired) electrons. The van der Waals surface area contributed by atoms with Crippen LogP contribution in [0.3, 0.4) is 0 Å². The fourth-order valence-electron chi connectivity index (χ4n) is 1.87. The van der Waals surface area contributed by atoms with Gasteiger partial charge >= 0.3 is 0 Å². The van der Waals surface area contributed by atoms with E-state index < -0.39 is 5.60 Å². The van der Waals surface area contributed by atoms with E-state index in [1.54, 1.807) is 7.11 Å². The Kier molecular flexibility index (Phi) is 5.36. The second kappa shape index (κ2) is 6.55. The highest BCUT2D eigenvalue weighted by Gasteiger charge is 2.31. The Morgan fingerprint density at radius 3 is 2.47 bits per heavy atom. The van der Waals surface area contributed by atoms with Crippen LogP contribution in [-0.4, -0.2) is 18.5 Å². The molecule has 1 unspecified atom stereocenters. The third-order valence-electron chi connectivity index (χ3n) is 3.25. The van der Waals surface area contributed by atoms with Gasteiger partial charge in [-0.15, -0.1) is 0 Å². The number of hydrogen-bond donors (Lipinski definition) is 0. The maximum Gasteiger partial charge on any atom is 0.164 e. The summed E-state index contributed by atoms with van der Waals surface area (Å²) in [6, 6.07) is 10.2. The molecular weight excluding hydrogens is 212 g/mol. The van der Waals surface area contributed by atoms with Crippen molar-refractivity contribution in [2.75, 3.05) is 7.11 Å². The molecule has 1 aromatic rings. The van der Waals surface area contributed by atoms with Crippen molar-refractivity contribution >= 4 is 5.78 Å². The highest BCUT2D eigenvalue weighted by molar-refractivity contribution is 5.86. The molecule has 1 rings (SSSR count). The Morgan fingerprint density at radius 2 is 1.94 bits per heavy atom. The molecule has 0 bridgehead atoms. The van der Waals surface area contributed by atoms with E-state index in [2.05, 4.69) is 12.1 Å². The number of ketones is 1. The van der Waals surface area contributed by atoms with E-state index in [4.69, 9.17) is 4.74 Å². The van der Waals surface area contributed by atoms with E-state index in [0.29, 0.717) is 6.42 Å². The standard InChI is InChI=1S/C15H22O2/c1-4-8-14(16)15(2,17-3)12-11-13-9-6-5-7-10-13/h5-7,9-10H,4,8,11-12H2,1-3H3. The molecule has 1 aromatic carbocycles. The molecule has 0 saturated carbocycles. The van der Waals surface area contributed by atoms with Gasteiger partial charge in [-0.05, 0) is 31.7 Å². The van der Waals surface area contributed by atoms with Crippen molar-refractivity contribution in [2.24, 2.45) is 0 Å². The quantitative estimate of drug-likeness (QED) is 0.723. The molecule has 1 atom stereocenters. The minimum absolute atomic E-state index is 0.207. The summed E-state index contributed by atoms with van der Waals surface area (Å²) in [7, 11) is 1.62. The smallest absolute Gasteiger partial charge is 0.164 e. The number of rotatable bonds is 7. The lowest BCUT2D eigenvalue weighted by atomic mass is 9.90. The number of ether oxygens (including phenoxy) is 1. The van der Waals surface area contributed by atoms with Gasteiger partial charge in [-0.25, -0.2) is 0 Å². The third kappa shape index (κ3) is 3.97. The minimum Gasteiger partial charge on any atom is -0.371 e. The van der Waals surface area contributed by atoms with Crippen molar-refractivity contribution in [1.82, 2.24) is 0 Å². The van der Waals surface area contributed by atoms with Gasteiger partial charge < -0.3 is 4.74 Å². The Hall–Kier alpha value is -1.15. The molecular formula is C15H22O2. The van der Waals surface area contributed by atoms with Gasteiger partial charge in [0.25, 0.3) is 0 Å². The van der Waals surface area contributed by atoms with Gasteiger partial charge in [-0.3, -0.25) is 4.79 Å².